The second-order valence-corrected chi connectivity index (χ2v) is 12.8. The number of carboxylic acid groups (broad SMARTS) is 1. The highest BCUT2D eigenvalue weighted by atomic mass is 35.5. The van der Waals surface area contributed by atoms with Crippen molar-refractivity contribution in [2.24, 2.45) is 10.8 Å². The van der Waals surface area contributed by atoms with E-state index in [1.165, 1.54) is 7.11 Å². The van der Waals surface area contributed by atoms with Crippen LogP contribution in [0.15, 0.2) is 48.5 Å². The van der Waals surface area contributed by atoms with Crippen molar-refractivity contribution in [3.8, 4) is 23.5 Å². The van der Waals surface area contributed by atoms with Crippen LogP contribution in [0.5, 0.6) is 23.5 Å². The van der Waals surface area contributed by atoms with Crippen LogP contribution in [-0.2, 0) is 14.3 Å². The number of fused-ring (bicyclic) bond motifs is 4. The highest BCUT2D eigenvalue weighted by Crippen LogP contribution is 2.52. The first-order valence-electron chi connectivity index (χ1n) is 14.1. The third-order valence-corrected chi connectivity index (χ3v) is 8.53. The van der Waals surface area contributed by atoms with E-state index in [0.717, 1.165) is 28.1 Å². The molecule has 2 atom stereocenters. The van der Waals surface area contributed by atoms with Gasteiger partial charge >= 0.3 is 11.9 Å². The van der Waals surface area contributed by atoms with Crippen LogP contribution in [-0.4, -0.2) is 44.1 Å². The van der Waals surface area contributed by atoms with Crippen LogP contribution >= 0.6 is 23.2 Å². The summed E-state index contributed by atoms with van der Waals surface area (Å²) in [5.41, 5.74) is 2.84. The number of carboxylic acids is 1. The maximum absolute atomic E-state index is 12.4. The maximum Gasteiger partial charge on any atom is 0.312 e. The Labute approximate surface area is 270 Å². The van der Waals surface area contributed by atoms with Crippen molar-refractivity contribution in [2.45, 2.75) is 53.4 Å². The summed E-state index contributed by atoms with van der Waals surface area (Å²) in [7, 11) is 1.39. The molecule has 0 radical (unpaired) electrons. The van der Waals surface area contributed by atoms with Gasteiger partial charge in [0.15, 0.2) is 0 Å². The van der Waals surface area contributed by atoms with Gasteiger partial charge in [-0.15, -0.1) is 0 Å². The van der Waals surface area contributed by atoms with Crippen LogP contribution in [0.25, 0.3) is 0 Å². The van der Waals surface area contributed by atoms with Crippen molar-refractivity contribution in [1.29, 1.82) is 0 Å². The molecule has 0 amide bonds. The molecule has 2 aliphatic rings. The lowest BCUT2D eigenvalue weighted by Gasteiger charge is -2.36. The molecule has 10 nitrogen and oxygen atoms in total. The van der Waals surface area contributed by atoms with E-state index >= 15 is 0 Å². The zero-order valence-electron chi connectivity index (χ0n) is 25.8. The summed E-state index contributed by atoms with van der Waals surface area (Å²) in [5, 5.41) is 10.3. The van der Waals surface area contributed by atoms with Crippen LogP contribution < -0.4 is 9.47 Å². The quantitative estimate of drug-likeness (QED) is 0.173. The van der Waals surface area contributed by atoms with Crippen LogP contribution in [0.1, 0.15) is 73.2 Å². The number of aryl methyl sites for hydroxylation is 2. The Morgan fingerprint density at radius 2 is 1.02 bits per heavy atom. The SMILES string of the molecule is COC(=O)C(C)(C)C1c2ccc(C)nc2Oc2nc(Cl)ccc21.Cc1ccc2c(n1)Oc1nc(Cl)ccc1C2C(C)(C)C(=O)O. The second-order valence-electron chi connectivity index (χ2n) is 12.1. The first kappa shape index (κ1) is 32.1. The van der Waals surface area contributed by atoms with Gasteiger partial charge in [0.05, 0.1) is 17.9 Å². The second kappa shape index (κ2) is 11.9. The number of pyridine rings is 4. The summed E-state index contributed by atoms with van der Waals surface area (Å²) in [4.78, 5) is 41.3. The molecule has 0 aliphatic carbocycles. The number of carbonyl (C=O) groups excluding carboxylic acids is 1. The van der Waals surface area contributed by atoms with Gasteiger partial charge in [-0.05, 0) is 77.9 Å². The number of ether oxygens (including phenoxy) is 3. The van der Waals surface area contributed by atoms with Crippen LogP contribution in [0, 0.1) is 24.7 Å². The highest BCUT2D eigenvalue weighted by molar-refractivity contribution is 6.29. The van der Waals surface area contributed by atoms with Gasteiger partial charge in [0.25, 0.3) is 0 Å². The number of halogens is 2. The Bertz CT molecular complexity index is 1720. The minimum atomic E-state index is -1.04. The van der Waals surface area contributed by atoms with Gasteiger partial charge < -0.3 is 19.3 Å². The molecule has 6 heterocycles. The first-order chi connectivity index (χ1) is 21.1. The Balaban J connectivity index is 0.000000178. The molecule has 234 valence electrons. The third kappa shape index (κ3) is 5.92. The molecule has 0 fully saturated rings. The van der Waals surface area contributed by atoms with Crippen molar-refractivity contribution in [1.82, 2.24) is 19.9 Å². The summed E-state index contributed by atoms with van der Waals surface area (Å²) in [6.07, 6.45) is 0. The lowest BCUT2D eigenvalue weighted by molar-refractivity contribution is -0.151. The standard InChI is InChI=1S/C17H17ClN2O3.C16H15ClN2O3/c1-9-5-6-10-13(17(2,3)16(21)22-4)11-7-8-12(18)20-15(11)23-14(10)19-9;1-8-4-5-9-12(16(2,3)15(20)21)10-6-7-11(17)19-14(10)22-13(9)18-8/h5-8,13H,1-4H3;4-7,12H,1-3H3,(H,20,21). The number of aliphatic carboxylic acids is 1. The third-order valence-electron chi connectivity index (χ3n) is 8.11. The van der Waals surface area contributed by atoms with Crippen LogP contribution in [0.4, 0.5) is 0 Å². The van der Waals surface area contributed by atoms with Gasteiger partial charge in [0, 0.05) is 45.5 Å². The molecule has 6 rings (SSSR count). The van der Waals surface area contributed by atoms with Crippen molar-refractivity contribution >= 4 is 35.1 Å². The molecule has 0 spiro atoms. The van der Waals surface area contributed by atoms with Crippen LogP contribution in [0.3, 0.4) is 0 Å². The molecule has 2 unspecified atom stereocenters. The number of aromatic nitrogens is 4. The average molecular weight is 652 g/mol. The molecule has 0 saturated carbocycles. The molecule has 4 aromatic rings. The number of hydrogen-bond acceptors (Lipinski definition) is 9. The number of nitrogens with zero attached hydrogens (tertiary/aromatic N) is 4. The van der Waals surface area contributed by atoms with Gasteiger partial charge in [0.2, 0.25) is 23.5 Å². The number of rotatable bonds is 4. The molecule has 2 aliphatic heterocycles. The average Bonchev–Trinajstić information content (AvgIpc) is 2.97. The summed E-state index contributed by atoms with van der Waals surface area (Å²) in [6.45, 7) is 10.8. The number of methoxy groups -OCH3 is 1. The van der Waals surface area contributed by atoms with E-state index < -0.39 is 22.7 Å². The molecule has 1 N–H and O–H groups in total. The van der Waals surface area contributed by atoms with Crippen molar-refractivity contribution in [3.63, 3.8) is 0 Å². The van der Waals surface area contributed by atoms with Crippen molar-refractivity contribution < 1.29 is 28.9 Å². The van der Waals surface area contributed by atoms with E-state index in [-0.39, 0.29) is 11.9 Å². The summed E-state index contributed by atoms with van der Waals surface area (Å²) < 4.78 is 16.6. The Kier molecular flexibility index (Phi) is 8.50. The zero-order chi connectivity index (χ0) is 32.8. The van der Waals surface area contributed by atoms with Gasteiger partial charge in [-0.2, -0.15) is 0 Å². The lowest BCUT2D eigenvalue weighted by Crippen LogP contribution is -2.35. The molecule has 12 heteroatoms. The fraction of sp³-hybridized carbons (Fsp3) is 0.333. The van der Waals surface area contributed by atoms with E-state index in [1.54, 1.807) is 32.0 Å². The van der Waals surface area contributed by atoms with Gasteiger partial charge in [-0.25, -0.2) is 19.9 Å². The highest BCUT2D eigenvalue weighted by Gasteiger charge is 2.46. The normalized spacial score (nSPS) is 16.3. The van der Waals surface area contributed by atoms with E-state index in [1.807, 2.05) is 58.0 Å². The molecular weight excluding hydrogens is 619 g/mol. The largest absolute Gasteiger partial charge is 0.481 e. The Hall–Kier alpha value is -4.28. The van der Waals surface area contributed by atoms with Crippen molar-refractivity contribution in [2.75, 3.05) is 7.11 Å². The van der Waals surface area contributed by atoms with Gasteiger partial charge in [-0.1, -0.05) is 35.3 Å². The van der Waals surface area contributed by atoms with E-state index in [4.69, 9.17) is 37.4 Å². The molecule has 0 aromatic carbocycles. The zero-order valence-corrected chi connectivity index (χ0v) is 27.3. The van der Waals surface area contributed by atoms with Gasteiger partial charge in [0.1, 0.15) is 10.3 Å². The molecular formula is C33H32Cl2N4O6. The van der Waals surface area contributed by atoms with Crippen LogP contribution in [0.2, 0.25) is 10.3 Å². The predicted molar refractivity (Wildman–Crippen MR) is 167 cm³/mol. The van der Waals surface area contributed by atoms with Gasteiger partial charge in [-0.3, -0.25) is 9.59 Å². The first-order valence-corrected chi connectivity index (χ1v) is 14.9. The molecule has 4 aromatic heterocycles. The van der Waals surface area contributed by atoms with E-state index in [2.05, 4.69) is 19.9 Å². The minimum Gasteiger partial charge on any atom is -0.481 e. The van der Waals surface area contributed by atoms with Crippen molar-refractivity contribution in [3.05, 3.63) is 92.5 Å². The molecule has 45 heavy (non-hydrogen) atoms. The Morgan fingerprint density at radius 1 is 0.667 bits per heavy atom. The maximum atomic E-state index is 12.4. The minimum absolute atomic E-state index is 0.286. The lowest BCUT2D eigenvalue weighted by atomic mass is 9.71. The monoisotopic (exact) mass is 650 g/mol. The smallest absolute Gasteiger partial charge is 0.312 e. The van der Waals surface area contributed by atoms with E-state index in [0.29, 0.717) is 39.4 Å². The Morgan fingerprint density at radius 3 is 1.40 bits per heavy atom. The topological polar surface area (TPSA) is 134 Å². The number of hydrogen-bond donors (Lipinski definition) is 1. The molecule has 0 bridgehead atoms. The fourth-order valence-electron chi connectivity index (χ4n) is 5.73. The predicted octanol–water partition coefficient (Wildman–Crippen LogP) is 7.66. The summed E-state index contributed by atoms with van der Waals surface area (Å²) in [5.74, 6) is -0.366. The summed E-state index contributed by atoms with van der Waals surface area (Å²) in [6, 6.07) is 14.5. The molecule has 0 saturated heterocycles. The number of esters is 1. The summed E-state index contributed by atoms with van der Waals surface area (Å²) >= 11 is 11.9. The van der Waals surface area contributed by atoms with E-state index in [9.17, 15) is 14.7 Å². The number of carbonyl (C=O) groups is 2. The fourth-order valence-corrected chi connectivity index (χ4v) is 6.01.